The zero-order valence-electron chi connectivity index (χ0n) is 8.79. The van der Waals surface area contributed by atoms with Crippen molar-refractivity contribution in [1.29, 1.82) is 0 Å². The van der Waals surface area contributed by atoms with Gasteiger partial charge in [-0.2, -0.15) is 0 Å². The minimum Gasteiger partial charge on any atom is -0.410 e. The molecule has 0 aliphatic carbocycles. The van der Waals surface area contributed by atoms with E-state index in [2.05, 4.69) is 11.7 Å². The number of nitrogens with zero attached hydrogens (tertiary/aromatic N) is 2. The van der Waals surface area contributed by atoms with Crippen molar-refractivity contribution < 1.29 is 14.9 Å². The third-order valence-electron chi connectivity index (χ3n) is 1.78. The first-order valence-electron chi connectivity index (χ1n) is 4.41. The maximum Gasteiger partial charge on any atom is 0.271 e. The van der Waals surface area contributed by atoms with E-state index in [0.29, 0.717) is 0 Å². The van der Waals surface area contributed by atoms with E-state index in [9.17, 15) is 14.9 Å². The molecular formula is C9H13N3O4. The van der Waals surface area contributed by atoms with Crippen LogP contribution in [0.3, 0.4) is 0 Å². The molecule has 0 rings (SSSR count). The van der Waals surface area contributed by atoms with Crippen LogP contribution in [0.5, 0.6) is 0 Å². The number of rotatable bonds is 6. The van der Waals surface area contributed by atoms with Crippen LogP contribution in [-0.2, 0) is 4.79 Å². The molecule has 0 saturated carbocycles. The second-order valence-electron chi connectivity index (χ2n) is 3.02. The van der Waals surface area contributed by atoms with Gasteiger partial charge in [-0.3, -0.25) is 14.9 Å². The lowest BCUT2D eigenvalue weighted by molar-refractivity contribution is -0.504. The van der Waals surface area contributed by atoms with E-state index in [-0.39, 0.29) is 12.0 Å². The molecule has 1 amide bonds. The number of oxime groups is 1. The van der Waals surface area contributed by atoms with Crippen molar-refractivity contribution in [3.63, 3.8) is 0 Å². The van der Waals surface area contributed by atoms with E-state index in [0.717, 1.165) is 0 Å². The van der Waals surface area contributed by atoms with Crippen molar-refractivity contribution in [2.24, 2.45) is 10.9 Å². The van der Waals surface area contributed by atoms with Crippen LogP contribution < -0.4 is 5.73 Å². The van der Waals surface area contributed by atoms with E-state index < -0.39 is 22.6 Å². The molecule has 1 atom stereocenters. The van der Waals surface area contributed by atoms with E-state index in [1.165, 1.54) is 19.1 Å². The first-order valence-corrected chi connectivity index (χ1v) is 4.41. The van der Waals surface area contributed by atoms with Gasteiger partial charge in [-0.1, -0.05) is 11.2 Å². The largest absolute Gasteiger partial charge is 0.410 e. The molecule has 88 valence electrons. The Labute approximate surface area is 92.1 Å². The monoisotopic (exact) mass is 227 g/mol. The fraction of sp³-hybridized carbons (Fsp3) is 0.333. The number of nitrogens with two attached hydrogens (primary N) is 1. The van der Waals surface area contributed by atoms with Gasteiger partial charge < -0.3 is 10.9 Å². The van der Waals surface area contributed by atoms with Crippen LogP contribution in [0.2, 0.25) is 0 Å². The number of hydrogen-bond donors (Lipinski definition) is 2. The Morgan fingerprint density at radius 1 is 1.75 bits per heavy atom. The van der Waals surface area contributed by atoms with Crippen LogP contribution in [0.15, 0.2) is 29.5 Å². The fourth-order valence-electron chi connectivity index (χ4n) is 1.02. The first-order chi connectivity index (χ1) is 7.43. The van der Waals surface area contributed by atoms with E-state index in [1.54, 1.807) is 0 Å². The highest BCUT2D eigenvalue weighted by Gasteiger charge is 2.17. The summed E-state index contributed by atoms with van der Waals surface area (Å²) >= 11 is 0. The zero-order chi connectivity index (χ0) is 12.7. The second kappa shape index (κ2) is 6.33. The van der Waals surface area contributed by atoms with E-state index in [4.69, 9.17) is 10.9 Å². The summed E-state index contributed by atoms with van der Waals surface area (Å²) in [6.07, 6.45) is 2.77. The number of nitro groups is 1. The standard InChI is InChI=1S/C9H13N3O4/c1-3-4-7(5-6(2)12(15)16)8(11-14)9(10)13/h3,5-6,14H,1,4H2,2H3,(H2,10,13)/b7-5+,11-8+. The number of amides is 1. The Morgan fingerprint density at radius 3 is 2.62 bits per heavy atom. The predicted molar refractivity (Wildman–Crippen MR) is 57.8 cm³/mol. The van der Waals surface area contributed by atoms with Gasteiger partial charge in [-0.15, -0.1) is 6.58 Å². The normalized spacial score (nSPS) is 14.3. The number of carbonyl (C=O) groups is 1. The summed E-state index contributed by atoms with van der Waals surface area (Å²) in [5, 5.41) is 21.7. The lowest BCUT2D eigenvalue weighted by Gasteiger charge is -2.05. The van der Waals surface area contributed by atoms with Gasteiger partial charge in [-0.05, 0) is 18.1 Å². The van der Waals surface area contributed by atoms with Crippen molar-refractivity contribution in [1.82, 2.24) is 0 Å². The molecule has 16 heavy (non-hydrogen) atoms. The van der Waals surface area contributed by atoms with Gasteiger partial charge in [0, 0.05) is 11.8 Å². The number of primary amides is 1. The summed E-state index contributed by atoms with van der Waals surface area (Å²) in [6, 6.07) is -1.01. The molecule has 0 aromatic carbocycles. The molecule has 0 aliphatic rings. The highest BCUT2D eigenvalue weighted by atomic mass is 16.6. The molecule has 0 fully saturated rings. The van der Waals surface area contributed by atoms with Gasteiger partial charge in [0.1, 0.15) is 0 Å². The van der Waals surface area contributed by atoms with Crippen molar-refractivity contribution >= 4 is 11.6 Å². The molecule has 0 aromatic heterocycles. The summed E-state index contributed by atoms with van der Waals surface area (Å²) in [5.41, 5.74) is 4.74. The van der Waals surface area contributed by atoms with Crippen molar-refractivity contribution in [2.75, 3.05) is 0 Å². The molecular weight excluding hydrogens is 214 g/mol. The van der Waals surface area contributed by atoms with Crippen LogP contribution in [0.1, 0.15) is 13.3 Å². The van der Waals surface area contributed by atoms with E-state index in [1.807, 2.05) is 0 Å². The Balaban J connectivity index is 5.21. The van der Waals surface area contributed by atoms with E-state index >= 15 is 0 Å². The lowest BCUT2D eigenvalue weighted by Crippen LogP contribution is -2.26. The molecule has 0 heterocycles. The molecule has 0 bridgehead atoms. The van der Waals surface area contributed by atoms with Crippen LogP contribution in [0, 0.1) is 10.1 Å². The zero-order valence-corrected chi connectivity index (χ0v) is 8.79. The SMILES string of the molecule is C=CCC(=C\C(C)[N+](=O)[O-])/C(=N\O)C(N)=O. The summed E-state index contributed by atoms with van der Waals surface area (Å²) in [5.74, 6) is -0.953. The molecule has 7 heteroatoms. The maximum absolute atomic E-state index is 10.9. The van der Waals surface area contributed by atoms with Gasteiger partial charge in [0.05, 0.1) is 0 Å². The number of hydrogen-bond acceptors (Lipinski definition) is 5. The van der Waals surface area contributed by atoms with Crippen LogP contribution in [-0.4, -0.2) is 27.8 Å². The summed E-state index contributed by atoms with van der Waals surface area (Å²) in [7, 11) is 0. The average Bonchev–Trinajstić information content (AvgIpc) is 2.18. The van der Waals surface area contributed by atoms with Crippen LogP contribution in [0.25, 0.3) is 0 Å². The lowest BCUT2D eigenvalue weighted by atomic mass is 10.0. The van der Waals surface area contributed by atoms with Gasteiger partial charge in [0.25, 0.3) is 5.91 Å². The molecule has 0 aliphatic heterocycles. The predicted octanol–water partition coefficient (Wildman–Crippen LogP) is 0.470. The van der Waals surface area contributed by atoms with Crippen LogP contribution in [0.4, 0.5) is 0 Å². The second-order valence-corrected chi connectivity index (χ2v) is 3.02. The molecule has 0 saturated heterocycles. The van der Waals surface area contributed by atoms with Crippen molar-refractivity contribution in [3.8, 4) is 0 Å². The smallest absolute Gasteiger partial charge is 0.271 e. The fourth-order valence-corrected chi connectivity index (χ4v) is 1.02. The maximum atomic E-state index is 10.9. The Kier molecular flexibility index (Phi) is 5.47. The minimum atomic E-state index is -1.01. The van der Waals surface area contributed by atoms with Gasteiger partial charge in [0.2, 0.25) is 6.04 Å². The molecule has 3 N–H and O–H groups in total. The number of allylic oxidation sites excluding steroid dienone is 1. The molecule has 0 spiro atoms. The Morgan fingerprint density at radius 2 is 2.31 bits per heavy atom. The van der Waals surface area contributed by atoms with Crippen molar-refractivity contribution in [2.45, 2.75) is 19.4 Å². The third-order valence-corrected chi connectivity index (χ3v) is 1.78. The quantitative estimate of drug-likeness (QED) is 0.225. The highest BCUT2D eigenvalue weighted by Crippen LogP contribution is 2.08. The Bertz CT molecular complexity index is 360. The highest BCUT2D eigenvalue weighted by molar-refractivity contribution is 6.44. The van der Waals surface area contributed by atoms with Gasteiger partial charge in [0.15, 0.2) is 5.71 Å². The first kappa shape index (κ1) is 13.8. The summed E-state index contributed by atoms with van der Waals surface area (Å²) in [6.45, 7) is 4.76. The van der Waals surface area contributed by atoms with Crippen molar-refractivity contribution in [3.05, 3.63) is 34.4 Å². The summed E-state index contributed by atoms with van der Waals surface area (Å²) < 4.78 is 0. The number of carbonyl (C=O) groups excluding carboxylic acids is 1. The molecule has 0 aromatic rings. The molecule has 7 nitrogen and oxygen atoms in total. The van der Waals surface area contributed by atoms with Gasteiger partial charge in [-0.25, -0.2) is 0 Å². The Hall–Kier alpha value is -2.18. The molecule has 1 unspecified atom stereocenters. The topological polar surface area (TPSA) is 119 Å². The summed E-state index contributed by atoms with van der Waals surface area (Å²) in [4.78, 5) is 20.8. The minimum absolute atomic E-state index is 0.153. The van der Waals surface area contributed by atoms with Gasteiger partial charge >= 0.3 is 0 Å². The van der Waals surface area contributed by atoms with Crippen LogP contribution >= 0.6 is 0 Å². The average molecular weight is 227 g/mol. The third kappa shape index (κ3) is 3.91. The molecule has 0 radical (unpaired) electrons.